The molecule has 0 saturated heterocycles. The van der Waals surface area contributed by atoms with E-state index in [1.54, 1.807) is 0 Å². The van der Waals surface area contributed by atoms with Crippen molar-refractivity contribution in [2.45, 2.75) is 32.5 Å². The van der Waals surface area contributed by atoms with Crippen molar-refractivity contribution in [2.75, 3.05) is 0 Å². The van der Waals surface area contributed by atoms with E-state index >= 15 is 0 Å². The molecule has 0 spiro atoms. The number of rotatable bonds is 5. The molecule has 1 amide bonds. The van der Waals surface area contributed by atoms with E-state index in [0.29, 0.717) is 6.29 Å². The zero-order valence-corrected chi connectivity index (χ0v) is 10.7. The zero-order chi connectivity index (χ0) is 13.8. The first-order chi connectivity index (χ1) is 8.36. The Morgan fingerprint density at radius 1 is 1.50 bits per heavy atom. The second kappa shape index (κ2) is 5.64. The molecular formula is C13H18N2O3. The fourth-order valence-corrected chi connectivity index (χ4v) is 1.79. The predicted molar refractivity (Wildman–Crippen MR) is 68.4 cm³/mol. The Hall–Kier alpha value is -1.88. The maximum atomic E-state index is 11.0. The lowest BCUT2D eigenvalue weighted by atomic mass is 10.0. The molecule has 1 aromatic rings. The van der Waals surface area contributed by atoms with Gasteiger partial charge in [0.15, 0.2) is 6.29 Å². The normalized spacial score (nSPS) is 15.5. The van der Waals surface area contributed by atoms with Crippen LogP contribution in [0, 0.1) is 6.92 Å². The van der Waals surface area contributed by atoms with Gasteiger partial charge in [-0.25, -0.2) is 4.79 Å². The minimum atomic E-state index is -1.30. The van der Waals surface area contributed by atoms with Crippen LogP contribution in [0.3, 0.4) is 0 Å². The summed E-state index contributed by atoms with van der Waals surface area (Å²) in [4.78, 5) is 21.6. The Morgan fingerprint density at radius 3 is 2.67 bits per heavy atom. The summed E-state index contributed by atoms with van der Waals surface area (Å²) in [7, 11) is 0. The predicted octanol–water partition coefficient (Wildman–Crippen LogP) is 1.83. The summed E-state index contributed by atoms with van der Waals surface area (Å²) in [5.41, 5.74) is 0.810. The van der Waals surface area contributed by atoms with E-state index in [1.807, 2.05) is 38.1 Å². The van der Waals surface area contributed by atoms with Gasteiger partial charge < -0.3 is 5.11 Å². The Kier molecular flexibility index (Phi) is 4.44. The van der Waals surface area contributed by atoms with Gasteiger partial charge in [-0.05, 0) is 26.3 Å². The van der Waals surface area contributed by atoms with Gasteiger partial charge in [-0.15, -0.1) is 0 Å². The standard InChI is InChI=1S/C13H18N2O3/c1-9-5-4-6-11(7-9)10(2)14-13(3,8-16)15-12(17)18/h4-8,10,14-15H,1-3H3,(H,17,18)/t10-,13+/m0/s1. The molecule has 98 valence electrons. The summed E-state index contributed by atoms with van der Waals surface area (Å²) in [5.74, 6) is 0. The highest BCUT2D eigenvalue weighted by atomic mass is 16.4. The number of benzene rings is 1. The van der Waals surface area contributed by atoms with E-state index in [9.17, 15) is 9.59 Å². The maximum Gasteiger partial charge on any atom is 0.406 e. The number of aryl methyl sites for hydroxylation is 1. The SMILES string of the molecule is Cc1cccc([C@H](C)N[C@@](C)(C=O)NC(=O)O)c1. The summed E-state index contributed by atoms with van der Waals surface area (Å²) in [5, 5.41) is 13.8. The van der Waals surface area contributed by atoms with Gasteiger partial charge in [0.05, 0.1) is 0 Å². The first-order valence-corrected chi connectivity index (χ1v) is 5.68. The van der Waals surface area contributed by atoms with Crippen molar-refractivity contribution < 1.29 is 14.7 Å². The topological polar surface area (TPSA) is 78.4 Å². The Labute approximate surface area is 106 Å². The highest BCUT2D eigenvalue weighted by Gasteiger charge is 2.27. The van der Waals surface area contributed by atoms with Crippen molar-refractivity contribution in [3.05, 3.63) is 35.4 Å². The molecule has 1 rings (SSSR count). The molecule has 0 aliphatic rings. The highest BCUT2D eigenvalue weighted by molar-refractivity contribution is 5.74. The van der Waals surface area contributed by atoms with E-state index in [1.165, 1.54) is 6.92 Å². The van der Waals surface area contributed by atoms with Gasteiger partial charge in [0.1, 0.15) is 5.66 Å². The largest absolute Gasteiger partial charge is 0.465 e. The van der Waals surface area contributed by atoms with Gasteiger partial charge in [-0.2, -0.15) is 0 Å². The van der Waals surface area contributed by atoms with Crippen LogP contribution >= 0.6 is 0 Å². The molecule has 0 heterocycles. The third-order valence-electron chi connectivity index (χ3n) is 2.66. The molecular weight excluding hydrogens is 232 g/mol. The molecule has 0 unspecified atom stereocenters. The van der Waals surface area contributed by atoms with Crippen LogP contribution in [0.2, 0.25) is 0 Å². The lowest BCUT2D eigenvalue weighted by molar-refractivity contribution is -0.114. The number of hydrogen-bond acceptors (Lipinski definition) is 3. The lowest BCUT2D eigenvalue weighted by Crippen LogP contribution is -2.58. The number of carboxylic acid groups (broad SMARTS) is 1. The number of nitrogens with one attached hydrogen (secondary N) is 2. The van der Waals surface area contributed by atoms with Gasteiger partial charge in [-0.1, -0.05) is 29.8 Å². The quantitative estimate of drug-likeness (QED) is 0.550. The van der Waals surface area contributed by atoms with Gasteiger partial charge in [-0.3, -0.25) is 15.4 Å². The van der Waals surface area contributed by atoms with Gasteiger partial charge in [0.25, 0.3) is 0 Å². The molecule has 0 aliphatic carbocycles. The van der Waals surface area contributed by atoms with Crippen LogP contribution in [0.15, 0.2) is 24.3 Å². The van der Waals surface area contributed by atoms with Crippen molar-refractivity contribution in [3.8, 4) is 0 Å². The fourth-order valence-electron chi connectivity index (χ4n) is 1.79. The molecule has 0 fully saturated rings. The van der Waals surface area contributed by atoms with Crippen molar-refractivity contribution in [3.63, 3.8) is 0 Å². The Morgan fingerprint density at radius 2 is 2.17 bits per heavy atom. The van der Waals surface area contributed by atoms with E-state index in [0.717, 1.165) is 11.1 Å². The summed E-state index contributed by atoms with van der Waals surface area (Å²) in [6.45, 7) is 5.34. The Bertz CT molecular complexity index is 448. The van der Waals surface area contributed by atoms with Gasteiger partial charge in [0.2, 0.25) is 0 Å². The van der Waals surface area contributed by atoms with Crippen LogP contribution in [-0.2, 0) is 4.79 Å². The number of amides is 1. The van der Waals surface area contributed by atoms with Crippen LogP contribution in [0.25, 0.3) is 0 Å². The molecule has 0 aliphatic heterocycles. The number of carbonyl (C=O) groups is 2. The second-order valence-corrected chi connectivity index (χ2v) is 4.53. The lowest BCUT2D eigenvalue weighted by Gasteiger charge is -2.28. The summed E-state index contributed by atoms with van der Waals surface area (Å²) >= 11 is 0. The van der Waals surface area contributed by atoms with E-state index in [2.05, 4.69) is 10.6 Å². The third-order valence-corrected chi connectivity index (χ3v) is 2.66. The minimum Gasteiger partial charge on any atom is -0.465 e. The minimum absolute atomic E-state index is 0.146. The van der Waals surface area contributed by atoms with E-state index in [-0.39, 0.29) is 6.04 Å². The molecule has 0 bridgehead atoms. The summed E-state index contributed by atoms with van der Waals surface area (Å²) in [6.07, 6.45) is -0.693. The van der Waals surface area contributed by atoms with Crippen molar-refractivity contribution in [1.82, 2.24) is 10.6 Å². The summed E-state index contributed by atoms with van der Waals surface area (Å²) in [6, 6.07) is 7.67. The molecule has 2 atom stereocenters. The first-order valence-electron chi connectivity index (χ1n) is 5.68. The Balaban J connectivity index is 2.82. The molecule has 3 N–H and O–H groups in total. The zero-order valence-electron chi connectivity index (χ0n) is 10.7. The molecule has 18 heavy (non-hydrogen) atoms. The van der Waals surface area contributed by atoms with Crippen LogP contribution in [0.1, 0.15) is 31.0 Å². The second-order valence-electron chi connectivity index (χ2n) is 4.53. The van der Waals surface area contributed by atoms with Crippen LogP contribution in [0.4, 0.5) is 4.79 Å². The van der Waals surface area contributed by atoms with Crippen molar-refractivity contribution >= 4 is 12.4 Å². The molecule has 5 heteroatoms. The van der Waals surface area contributed by atoms with Gasteiger partial charge in [0, 0.05) is 6.04 Å². The molecule has 0 aromatic heterocycles. The number of carbonyl (C=O) groups excluding carboxylic acids is 1. The van der Waals surface area contributed by atoms with Crippen LogP contribution < -0.4 is 10.6 Å². The number of aldehydes is 1. The van der Waals surface area contributed by atoms with Crippen LogP contribution in [0.5, 0.6) is 0 Å². The van der Waals surface area contributed by atoms with Crippen molar-refractivity contribution in [1.29, 1.82) is 0 Å². The fraction of sp³-hybridized carbons (Fsp3) is 0.385. The van der Waals surface area contributed by atoms with Crippen LogP contribution in [-0.4, -0.2) is 23.1 Å². The van der Waals surface area contributed by atoms with Crippen molar-refractivity contribution in [2.24, 2.45) is 0 Å². The average Bonchev–Trinajstić information content (AvgIpc) is 2.27. The first kappa shape index (κ1) is 14.2. The molecule has 0 saturated carbocycles. The van der Waals surface area contributed by atoms with E-state index in [4.69, 9.17) is 5.11 Å². The molecule has 1 aromatic carbocycles. The van der Waals surface area contributed by atoms with Gasteiger partial charge >= 0.3 is 6.09 Å². The third kappa shape index (κ3) is 3.85. The highest BCUT2D eigenvalue weighted by Crippen LogP contribution is 2.16. The molecule has 5 nitrogen and oxygen atoms in total. The smallest absolute Gasteiger partial charge is 0.406 e. The monoisotopic (exact) mass is 250 g/mol. The maximum absolute atomic E-state index is 11.0. The molecule has 0 radical (unpaired) electrons. The van der Waals surface area contributed by atoms with E-state index < -0.39 is 11.8 Å². The summed E-state index contributed by atoms with van der Waals surface area (Å²) < 4.78 is 0. The average molecular weight is 250 g/mol. The number of hydrogen-bond donors (Lipinski definition) is 3.